The van der Waals surface area contributed by atoms with E-state index < -0.39 is 26.8 Å². The molecule has 2 unspecified atom stereocenters. The average Bonchev–Trinajstić information content (AvgIpc) is 2.28. The van der Waals surface area contributed by atoms with Gasteiger partial charge >= 0.3 is 5.97 Å². The van der Waals surface area contributed by atoms with Gasteiger partial charge in [-0.25, -0.2) is 8.42 Å². The number of carbonyl (C=O) groups is 1. The molecule has 17 heavy (non-hydrogen) atoms. The zero-order valence-corrected chi connectivity index (χ0v) is 11.0. The molecule has 0 aliphatic heterocycles. The standard InChI is InChI=1S/C11H21NO4S/c1-2-16-11(13)8-17(14,15)10-6-4-3-5-9(10)7-12/h9-10H,2-8,12H2,1H3. The lowest BCUT2D eigenvalue weighted by Gasteiger charge is -2.29. The molecule has 0 heterocycles. The Kier molecular flexibility index (Phi) is 5.39. The molecule has 0 radical (unpaired) electrons. The maximum atomic E-state index is 12.1. The van der Waals surface area contributed by atoms with E-state index in [1.807, 2.05) is 0 Å². The largest absolute Gasteiger partial charge is 0.465 e. The zero-order valence-electron chi connectivity index (χ0n) is 10.2. The quantitative estimate of drug-likeness (QED) is 0.729. The maximum absolute atomic E-state index is 12.1. The molecular formula is C11H21NO4S. The molecule has 1 aliphatic rings. The number of nitrogens with two attached hydrogens (primary N) is 1. The summed E-state index contributed by atoms with van der Waals surface area (Å²) in [5.74, 6) is -1.18. The number of rotatable bonds is 5. The number of hydrogen-bond donors (Lipinski definition) is 1. The van der Waals surface area contributed by atoms with Crippen molar-refractivity contribution in [1.29, 1.82) is 0 Å². The lowest BCUT2D eigenvalue weighted by molar-refractivity contribution is -0.139. The van der Waals surface area contributed by atoms with Crippen LogP contribution in [0.4, 0.5) is 0 Å². The van der Waals surface area contributed by atoms with Crippen LogP contribution in [0, 0.1) is 5.92 Å². The first-order valence-corrected chi connectivity index (χ1v) is 7.80. The third-order valence-electron chi connectivity index (χ3n) is 3.23. The van der Waals surface area contributed by atoms with Crippen molar-refractivity contribution in [3.8, 4) is 0 Å². The molecule has 0 aromatic heterocycles. The normalized spacial score (nSPS) is 25.5. The number of carbonyl (C=O) groups excluding carboxylic acids is 1. The van der Waals surface area contributed by atoms with Crippen molar-refractivity contribution in [2.24, 2.45) is 11.7 Å². The summed E-state index contributed by atoms with van der Waals surface area (Å²) in [6, 6.07) is 0. The molecule has 1 fully saturated rings. The van der Waals surface area contributed by atoms with E-state index in [2.05, 4.69) is 4.74 Å². The van der Waals surface area contributed by atoms with E-state index in [1.54, 1.807) is 6.92 Å². The van der Waals surface area contributed by atoms with E-state index in [9.17, 15) is 13.2 Å². The smallest absolute Gasteiger partial charge is 0.321 e. The van der Waals surface area contributed by atoms with Crippen molar-refractivity contribution in [2.75, 3.05) is 18.9 Å². The summed E-state index contributed by atoms with van der Waals surface area (Å²) in [6.45, 7) is 2.24. The van der Waals surface area contributed by atoms with E-state index in [-0.39, 0.29) is 12.5 Å². The van der Waals surface area contributed by atoms with Gasteiger partial charge in [-0.05, 0) is 32.2 Å². The third kappa shape index (κ3) is 3.96. The molecule has 0 saturated heterocycles. The summed E-state index contributed by atoms with van der Waals surface area (Å²) in [4.78, 5) is 11.3. The van der Waals surface area contributed by atoms with Crippen LogP contribution in [0.1, 0.15) is 32.6 Å². The Morgan fingerprint density at radius 1 is 1.35 bits per heavy atom. The monoisotopic (exact) mass is 263 g/mol. The highest BCUT2D eigenvalue weighted by Crippen LogP contribution is 2.29. The molecule has 1 aliphatic carbocycles. The van der Waals surface area contributed by atoms with Gasteiger partial charge in [-0.15, -0.1) is 0 Å². The molecule has 6 heteroatoms. The summed E-state index contributed by atoms with van der Waals surface area (Å²) < 4.78 is 28.9. The lowest BCUT2D eigenvalue weighted by atomic mass is 9.89. The van der Waals surface area contributed by atoms with Crippen molar-refractivity contribution >= 4 is 15.8 Å². The van der Waals surface area contributed by atoms with Gasteiger partial charge < -0.3 is 10.5 Å². The molecule has 100 valence electrons. The highest BCUT2D eigenvalue weighted by Gasteiger charge is 2.36. The van der Waals surface area contributed by atoms with Gasteiger partial charge in [0.1, 0.15) is 5.75 Å². The molecule has 0 aromatic rings. The van der Waals surface area contributed by atoms with Crippen LogP contribution < -0.4 is 5.73 Å². The summed E-state index contributed by atoms with van der Waals surface area (Å²) >= 11 is 0. The average molecular weight is 263 g/mol. The first-order chi connectivity index (χ1) is 8.01. The fourth-order valence-corrected chi connectivity index (χ4v) is 4.38. The molecule has 5 nitrogen and oxygen atoms in total. The Labute approximate surface area is 103 Å². The second kappa shape index (κ2) is 6.35. The molecule has 1 rings (SSSR count). The Morgan fingerprint density at radius 2 is 2.00 bits per heavy atom. The van der Waals surface area contributed by atoms with Gasteiger partial charge in [0.05, 0.1) is 11.9 Å². The predicted molar refractivity (Wildman–Crippen MR) is 65.2 cm³/mol. The minimum Gasteiger partial charge on any atom is -0.465 e. The van der Waals surface area contributed by atoms with Gasteiger partial charge in [0.25, 0.3) is 0 Å². The van der Waals surface area contributed by atoms with Crippen LogP contribution in [-0.4, -0.2) is 38.5 Å². The summed E-state index contributed by atoms with van der Waals surface area (Å²) in [5.41, 5.74) is 5.60. The molecule has 0 bridgehead atoms. The Morgan fingerprint density at radius 3 is 2.59 bits per heavy atom. The predicted octanol–water partition coefficient (Wildman–Crippen LogP) is 0.482. The Bertz CT molecular complexity index is 352. The van der Waals surface area contributed by atoms with Crippen LogP contribution in [0.5, 0.6) is 0 Å². The molecule has 1 saturated carbocycles. The zero-order chi connectivity index (χ0) is 12.9. The highest BCUT2D eigenvalue weighted by molar-refractivity contribution is 7.92. The van der Waals surface area contributed by atoms with Gasteiger partial charge in [0, 0.05) is 0 Å². The van der Waals surface area contributed by atoms with Crippen molar-refractivity contribution < 1.29 is 17.9 Å². The minimum absolute atomic E-state index is 0.0109. The van der Waals surface area contributed by atoms with Crippen molar-refractivity contribution in [3.63, 3.8) is 0 Å². The van der Waals surface area contributed by atoms with E-state index in [4.69, 9.17) is 5.73 Å². The van der Waals surface area contributed by atoms with Gasteiger partial charge in [0.15, 0.2) is 9.84 Å². The van der Waals surface area contributed by atoms with Gasteiger partial charge in [-0.2, -0.15) is 0 Å². The molecule has 0 amide bonds. The number of esters is 1. The van der Waals surface area contributed by atoms with Crippen molar-refractivity contribution in [1.82, 2.24) is 0 Å². The van der Waals surface area contributed by atoms with Crippen LogP contribution >= 0.6 is 0 Å². The van der Waals surface area contributed by atoms with Gasteiger partial charge in [-0.1, -0.05) is 12.8 Å². The second-order valence-electron chi connectivity index (χ2n) is 4.43. The fourth-order valence-electron chi connectivity index (χ4n) is 2.39. The summed E-state index contributed by atoms with van der Waals surface area (Å²) in [5, 5.41) is -0.467. The number of ether oxygens (including phenoxy) is 1. The van der Waals surface area contributed by atoms with Crippen LogP contribution in [0.2, 0.25) is 0 Å². The number of sulfone groups is 1. The van der Waals surface area contributed by atoms with Crippen LogP contribution in [0.15, 0.2) is 0 Å². The maximum Gasteiger partial charge on any atom is 0.321 e. The minimum atomic E-state index is -3.42. The molecule has 2 N–H and O–H groups in total. The highest BCUT2D eigenvalue weighted by atomic mass is 32.2. The first-order valence-electron chi connectivity index (χ1n) is 6.08. The molecular weight excluding hydrogens is 242 g/mol. The van der Waals surface area contributed by atoms with E-state index in [0.29, 0.717) is 13.0 Å². The molecule has 0 spiro atoms. The second-order valence-corrected chi connectivity index (χ2v) is 6.65. The molecule has 0 aromatic carbocycles. The SMILES string of the molecule is CCOC(=O)CS(=O)(=O)C1CCCCC1CN. The summed E-state index contributed by atoms with van der Waals surface area (Å²) in [6.07, 6.45) is 3.36. The van der Waals surface area contributed by atoms with Crippen LogP contribution in [-0.2, 0) is 19.4 Å². The Balaban J connectivity index is 2.70. The topological polar surface area (TPSA) is 86.5 Å². The van der Waals surface area contributed by atoms with Crippen LogP contribution in [0.3, 0.4) is 0 Å². The van der Waals surface area contributed by atoms with E-state index in [0.717, 1.165) is 19.3 Å². The van der Waals surface area contributed by atoms with Crippen LogP contribution in [0.25, 0.3) is 0 Å². The first kappa shape index (κ1) is 14.4. The van der Waals surface area contributed by atoms with Gasteiger partial charge in [0.2, 0.25) is 0 Å². The molecule has 2 atom stereocenters. The van der Waals surface area contributed by atoms with E-state index in [1.165, 1.54) is 0 Å². The summed E-state index contributed by atoms with van der Waals surface area (Å²) in [7, 11) is -3.42. The third-order valence-corrected chi connectivity index (χ3v) is 5.41. The fraction of sp³-hybridized carbons (Fsp3) is 0.909. The number of hydrogen-bond acceptors (Lipinski definition) is 5. The Hall–Kier alpha value is -0.620. The van der Waals surface area contributed by atoms with Crippen molar-refractivity contribution in [3.05, 3.63) is 0 Å². The van der Waals surface area contributed by atoms with Crippen molar-refractivity contribution in [2.45, 2.75) is 37.9 Å². The lowest BCUT2D eigenvalue weighted by Crippen LogP contribution is -2.40. The van der Waals surface area contributed by atoms with E-state index >= 15 is 0 Å². The van der Waals surface area contributed by atoms with Gasteiger partial charge in [-0.3, -0.25) is 4.79 Å².